The maximum atomic E-state index is 11.0. The highest BCUT2D eigenvalue weighted by atomic mass is 16.6. The standard InChI is InChI=1S/C7H13N3O6/c8-6(14)10-7(15)9-5-4(13)3(12)2(1-11)16-5/h2-5,11-13H,1H2,(H4,8,9,10,14,15)/t2-,3-,4-,5?/m1/s1. The van der Waals surface area contributed by atoms with Gasteiger partial charge in [-0.3, -0.25) is 5.32 Å². The van der Waals surface area contributed by atoms with Crippen LogP contribution in [0, 0.1) is 0 Å². The van der Waals surface area contributed by atoms with Gasteiger partial charge in [-0.15, -0.1) is 0 Å². The molecule has 0 radical (unpaired) electrons. The topological polar surface area (TPSA) is 154 Å². The second-order valence-electron chi connectivity index (χ2n) is 3.22. The first kappa shape index (κ1) is 12.6. The van der Waals surface area contributed by atoms with Crippen LogP contribution >= 0.6 is 0 Å². The number of hydrogen-bond donors (Lipinski definition) is 6. The van der Waals surface area contributed by atoms with Crippen molar-refractivity contribution in [3.8, 4) is 0 Å². The summed E-state index contributed by atoms with van der Waals surface area (Å²) in [5.41, 5.74) is 4.68. The summed E-state index contributed by atoms with van der Waals surface area (Å²) in [5.74, 6) is 0. The van der Waals surface area contributed by atoms with Gasteiger partial charge < -0.3 is 31.1 Å². The van der Waals surface area contributed by atoms with Gasteiger partial charge in [-0.2, -0.15) is 0 Å². The summed E-state index contributed by atoms with van der Waals surface area (Å²) in [6, 6.07) is -2.04. The molecule has 1 saturated heterocycles. The van der Waals surface area contributed by atoms with Crippen LogP contribution in [0.3, 0.4) is 0 Å². The molecule has 1 rings (SSSR count). The second kappa shape index (κ2) is 5.07. The molecule has 0 aromatic rings. The summed E-state index contributed by atoms with van der Waals surface area (Å²) in [7, 11) is 0. The maximum Gasteiger partial charge on any atom is 0.324 e. The molecule has 1 unspecified atom stereocenters. The zero-order chi connectivity index (χ0) is 12.3. The van der Waals surface area contributed by atoms with Crippen LogP contribution in [0.2, 0.25) is 0 Å². The Morgan fingerprint density at radius 2 is 1.94 bits per heavy atom. The molecule has 0 aromatic carbocycles. The number of ether oxygens (including phenoxy) is 1. The number of aliphatic hydroxyl groups excluding tert-OH is 3. The largest absolute Gasteiger partial charge is 0.394 e. The molecule has 0 aromatic heterocycles. The summed E-state index contributed by atoms with van der Waals surface area (Å²) in [6.07, 6.45) is -4.92. The lowest BCUT2D eigenvalue weighted by molar-refractivity contribution is -0.0283. The highest BCUT2D eigenvalue weighted by Gasteiger charge is 2.43. The minimum Gasteiger partial charge on any atom is -0.394 e. The maximum absolute atomic E-state index is 11.0. The third-order valence-corrected chi connectivity index (χ3v) is 2.05. The number of hydrogen-bond acceptors (Lipinski definition) is 6. The van der Waals surface area contributed by atoms with Crippen LogP contribution in [0.4, 0.5) is 9.59 Å². The summed E-state index contributed by atoms with van der Waals surface area (Å²) >= 11 is 0. The third-order valence-electron chi connectivity index (χ3n) is 2.05. The molecular weight excluding hydrogens is 222 g/mol. The zero-order valence-electron chi connectivity index (χ0n) is 8.16. The third kappa shape index (κ3) is 2.79. The Labute approximate surface area is 90.2 Å². The van der Waals surface area contributed by atoms with Crippen LogP contribution in [0.25, 0.3) is 0 Å². The van der Waals surface area contributed by atoms with Gasteiger partial charge in [0.25, 0.3) is 0 Å². The van der Waals surface area contributed by atoms with E-state index in [9.17, 15) is 19.8 Å². The van der Waals surface area contributed by atoms with Crippen LogP contribution in [0.15, 0.2) is 0 Å². The molecule has 4 amide bonds. The highest BCUT2D eigenvalue weighted by Crippen LogP contribution is 2.18. The SMILES string of the molecule is NC(=O)NC(=O)NC1O[C@H](CO)[C@@H](O)[C@H]1O. The minimum atomic E-state index is -1.39. The number of carbonyl (C=O) groups excluding carboxylic acids is 2. The molecule has 1 aliphatic rings. The zero-order valence-corrected chi connectivity index (χ0v) is 8.16. The van der Waals surface area contributed by atoms with Crippen molar-refractivity contribution >= 4 is 12.1 Å². The Hall–Kier alpha value is -1.42. The molecule has 0 spiro atoms. The van der Waals surface area contributed by atoms with Crippen molar-refractivity contribution < 1.29 is 29.6 Å². The lowest BCUT2D eigenvalue weighted by Gasteiger charge is -2.15. The van der Waals surface area contributed by atoms with Gasteiger partial charge in [-0.05, 0) is 0 Å². The fraction of sp³-hybridized carbons (Fsp3) is 0.714. The normalized spacial score (nSPS) is 33.4. The molecule has 9 heteroatoms. The Bertz CT molecular complexity index is 285. The number of urea groups is 2. The van der Waals surface area contributed by atoms with Crippen LogP contribution < -0.4 is 16.4 Å². The van der Waals surface area contributed by atoms with Gasteiger partial charge in [0, 0.05) is 0 Å². The lowest BCUT2D eigenvalue weighted by Crippen LogP contribution is -2.50. The monoisotopic (exact) mass is 235 g/mol. The van der Waals surface area contributed by atoms with Crippen molar-refractivity contribution in [2.24, 2.45) is 5.73 Å². The van der Waals surface area contributed by atoms with E-state index in [1.807, 2.05) is 0 Å². The summed E-state index contributed by atoms with van der Waals surface area (Å²) in [4.78, 5) is 21.3. The van der Waals surface area contributed by atoms with E-state index in [2.05, 4.69) is 11.1 Å². The van der Waals surface area contributed by atoms with Crippen molar-refractivity contribution in [3.63, 3.8) is 0 Å². The van der Waals surface area contributed by atoms with Crippen molar-refractivity contribution in [3.05, 3.63) is 0 Å². The number of rotatable bonds is 2. The van der Waals surface area contributed by atoms with E-state index in [-0.39, 0.29) is 0 Å². The lowest BCUT2D eigenvalue weighted by atomic mass is 10.1. The molecule has 92 valence electrons. The molecule has 4 atom stereocenters. The molecule has 1 aliphatic heterocycles. The molecule has 0 bridgehead atoms. The minimum absolute atomic E-state index is 0.506. The van der Waals surface area contributed by atoms with Crippen molar-refractivity contribution in [2.75, 3.05) is 6.61 Å². The Kier molecular flexibility index (Phi) is 4.01. The van der Waals surface area contributed by atoms with Crippen LogP contribution in [-0.4, -0.2) is 58.5 Å². The van der Waals surface area contributed by atoms with Gasteiger partial charge in [0.2, 0.25) is 0 Å². The van der Waals surface area contributed by atoms with E-state index < -0.39 is 43.2 Å². The number of amides is 4. The summed E-state index contributed by atoms with van der Waals surface area (Å²) in [5, 5.41) is 31.2. The first-order valence-electron chi connectivity index (χ1n) is 4.45. The first-order valence-corrected chi connectivity index (χ1v) is 4.45. The number of primary amides is 1. The predicted octanol–water partition coefficient (Wildman–Crippen LogP) is -3.20. The number of nitrogens with one attached hydrogen (secondary N) is 2. The Morgan fingerprint density at radius 3 is 2.38 bits per heavy atom. The van der Waals surface area contributed by atoms with E-state index >= 15 is 0 Å². The molecule has 7 N–H and O–H groups in total. The molecule has 16 heavy (non-hydrogen) atoms. The average molecular weight is 235 g/mol. The average Bonchev–Trinajstić information content (AvgIpc) is 2.44. The molecule has 0 aliphatic carbocycles. The second-order valence-corrected chi connectivity index (χ2v) is 3.22. The molecule has 1 heterocycles. The van der Waals surface area contributed by atoms with Gasteiger partial charge in [-0.25, -0.2) is 9.59 Å². The summed E-state index contributed by atoms with van der Waals surface area (Å²) in [6.45, 7) is -0.506. The number of aliphatic hydroxyl groups is 3. The Morgan fingerprint density at radius 1 is 1.31 bits per heavy atom. The van der Waals surface area contributed by atoms with Gasteiger partial charge in [0.05, 0.1) is 6.61 Å². The fourth-order valence-electron chi connectivity index (χ4n) is 1.30. The Balaban J connectivity index is 2.50. The van der Waals surface area contributed by atoms with Crippen molar-refractivity contribution in [1.29, 1.82) is 0 Å². The van der Waals surface area contributed by atoms with E-state index in [0.29, 0.717) is 0 Å². The van der Waals surface area contributed by atoms with E-state index in [1.165, 1.54) is 0 Å². The van der Waals surface area contributed by atoms with Crippen LogP contribution in [0.5, 0.6) is 0 Å². The number of nitrogens with two attached hydrogens (primary N) is 1. The van der Waals surface area contributed by atoms with E-state index in [1.54, 1.807) is 5.32 Å². The molecule has 1 fully saturated rings. The first-order chi connectivity index (χ1) is 7.45. The van der Waals surface area contributed by atoms with Crippen LogP contribution in [0.1, 0.15) is 0 Å². The van der Waals surface area contributed by atoms with Crippen LogP contribution in [-0.2, 0) is 4.74 Å². The molecular formula is C7H13N3O6. The highest BCUT2D eigenvalue weighted by molar-refractivity contribution is 5.92. The van der Waals surface area contributed by atoms with Gasteiger partial charge in [0.15, 0.2) is 6.23 Å². The van der Waals surface area contributed by atoms with E-state index in [4.69, 9.17) is 9.84 Å². The van der Waals surface area contributed by atoms with E-state index in [0.717, 1.165) is 0 Å². The molecule has 9 nitrogen and oxygen atoms in total. The van der Waals surface area contributed by atoms with Crippen molar-refractivity contribution in [1.82, 2.24) is 10.6 Å². The van der Waals surface area contributed by atoms with Crippen molar-refractivity contribution in [2.45, 2.75) is 24.5 Å². The van der Waals surface area contributed by atoms with Gasteiger partial charge >= 0.3 is 12.1 Å². The van der Waals surface area contributed by atoms with Gasteiger partial charge in [0.1, 0.15) is 18.3 Å². The quantitative estimate of drug-likeness (QED) is 0.296. The predicted molar refractivity (Wildman–Crippen MR) is 49.0 cm³/mol. The molecule has 0 saturated carbocycles. The number of imide groups is 1. The van der Waals surface area contributed by atoms with Gasteiger partial charge in [-0.1, -0.05) is 0 Å². The smallest absolute Gasteiger partial charge is 0.324 e. The fourth-order valence-corrected chi connectivity index (χ4v) is 1.30. The number of carbonyl (C=O) groups is 2. The summed E-state index contributed by atoms with van der Waals surface area (Å²) < 4.78 is 4.91.